The Bertz CT molecular complexity index is 683. The first-order chi connectivity index (χ1) is 10.0. The fourth-order valence-corrected chi connectivity index (χ4v) is 2.82. The van der Waals surface area contributed by atoms with Crippen LogP contribution in [0.25, 0.3) is 10.9 Å². The van der Waals surface area contributed by atoms with E-state index in [1.165, 1.54) is 0 Å². The molecule has 1 aliphatic heterocycles. The molecule has 3 heterocycles. The number of nitrogens with zero attached hydrogens (tertiary/aromatic N) is 4. The number of amides is 1. The van der Waals surface area contributed by atoms with Gasteiger partial charge >= 0.3 is 6.09 Å². The number of nitrogen functional groups attached to an aromatic ring is 1. The highest BCUT2D eigenvalue weighted by Crippen LogP contribution is 2.25. The molecule has 1 fully saturated rings. The molecule has 1 saturated heterocycles. The van der Waals surface area contributed by atoms with Crippen molar-refractivity contribution in [1.29, 1.82) is 0 Å². The molecule has 3 rings (SSSR count). The van der Waals surface area contributed by atoms with Crippen LogP contribution in [0.3, 0.4) is 0 Å². The molecular weight excluding hydrogens is 272 g/mol. The Morgan fingerprint density at radius 1 is 1.57 bits per heavy atom. The molecule has 0 spiro atoms. The van der Waals surface area contributed by atoms with E-state index >= 15 is 0 Å². The van der Waals surface area contributed by atoms with Crippen LogP contribution in [0.2, 0.25) is 0 Å². The van der Waals surface area contributed by atoms with Crippen molar-refractivity contribution in [3.8, 4) is 0 Å². The summed E-state index contributed by atoms with van der Waals surface area (Å²) in [6.07, 6.45) is 2.52. The second-order valence-corrected chi connectivity index (χ2v) is 5.30. The SMILES string of the molecule is Cn1nc(N)c2cnc(N3CCCC(NC(=O)O)C3)cc21. The van der Waals surface area contributed by atoms with E-state index in [-0.39, 0.29) is 6.04 Å². The Kier molecular flexibility index (Phi) is 3.28. The predicted molar refractivity (Wildman–Crippen MR) is 79.3 cm³/mol. The van der Waals surface area contributed by atoms with Gasteiger partial charge in [-0.1, -0.05) is 0 Å². The van der Waals surface area contributed by atoms with Crippen molar-refractivity contribution in [1.82, 2.24) is 20.1 Å². The van der Waals surface area contributed by atoms with Crippen LogP contribution in [0.15, 0.2) is 12.3 Å². The lowest BCUT2D eigenvalue weighted by molar-refractivity contribution is 0.188. The van der Waals surface area contributed by atoms with Gasteiger partial charge in [0.2, 0.25) is 0 Å². The average Bonchev–Trinajstić information content (AvgIpc) is 2.73. The lowest BCUT2D eigenvalue weighted by Crippen LogP contribution is -2.47. The van der Waals surface area contributed by atoms with Crippen molar-refractivity contribution in [3.05, 3.63) is 12.3 Å². The quantitative estimate of drug-likeness (QED) is 0.754. The van der Waals surface area contributed by atoms with Crippen LogP contribution in [0, 0.1) is 0 Å². The zero-order valence-corrected chi connectivity index (χ0v) is 11.8. The van der Waals surface area contributed by atoms with E-state index in [1.807, 2.05) is 13.1 Å². The molecule has 0 bridgehead atoms. The maximum Gasteiger partial charge on any atom is 0.404 e. The Morgan fingerprint density at radius 3 is 3.14 bits per heavy atom. The van der Waals surface area contributed by atoms with Crippen molar-refractivity contribution in [2.24, 2.45) is 7.05 Å². The Balaban J connectivity index is 1.86. The number of hydrogen-bond donors (Lipinski definition) is 3. The monoisotopic (exact) mass is 290 g/mol. The summed E-state index contributed by atoms with van der Waals surface area (Å²) < 4.78 is 1.73. The van der Waals surface area contributed by atoms with Gasteiger partial charge in [-0.15, -0.1) is 0 Å². The van der Waals surface area contributed by atoms with Crippen molar-refractivity contribution >= 4 is 28.6 Å². The summed E-state index contributed by atoms with van der Waals surface area (Å²) in [5, 5.41) is 16.4. The van der Waals surface area contributed by atoms with Gasteiger partial charge in [0.05, 0.1) is 10.9 Å². The molecule has 2 aromatic rings. The van der Waals surface area contributed by atoms with Crippen LogP contribution < -0.4 is 16.0 Å². The minimum absolute atomic E-state index is 0.0645. The van der Waals surface area contributed by atoms with E-state index < -0.39 is 6.09 Å². The second-order valence-electron chi connectivity index (χ2n) is 5.30. The first-order valence-corrected chi connectivity index (χ1v) is 6.87. The average molecular weight is 290 g/mol. The lowest BCUT2D eigenvalue weighted by Gasteiger charge is -2.33. The molecule has 0 aliphatic carbocycles. The molecule has 1 aliphatic rings. The van der Waals surface area contributed by atoms with Gasteiger partial charge in [-0.25, -0.2) is 9.78 Å². The van der Waals surface area contributed by atoms with Crippen molar-refractivity contribution < 1.29 is 9.90 Å². The number of rotatable bonds is 2. The predicted octanol–water partition coefficient (Wildman–Crippen LogP) is 0.787. The highest BCUT2D eigenvalue weighted by atomic mass is 16.4. The van der Waals surface area contributed by atoms with Crippen molar-refractivity contribution in [2.45, 2.75) is 18.9 Å². The highest BCUT2D eigenvalue weighted by Gasteiger charge is 2.22. The highest BCUT2D eigenvalue weighted by molar-refractivity contribution is 5.89. The van der Waals surface area contributed by atoms with Crippen molar-refractivity contribution in [3.63, 3.8) is 0 Å². The fraction of sp³-hybridized carbons (Fsp3) is 0.462. The van der Waals surface area contributed by atoms with Gasteiger partial charge in [0.15, 0.2) is 5.82 Å². The summed E-state index contributed by atoms with van der Waals surface area (Å²) in [6.45, 7) is 1.49. The zero-order valence-electron chi connectivity index (χ0n) is 11.8. The number of carbonyl (C=O) groups is 1. The van der Waals surface area contributed by atoms with Crippen molar-refractivity contribution in [2.75, 3.05) is 23.7 Å². The molecule has 1 amide bonds. The lowest BCUT2D eigenvalue weighted by atomic mass is 10.1. The number of carboxylic acid groups (broad SMARTS) is 1. The third-order valence-electron chi connectivity index (χ3n) is 3.82. The van der Waals surface area contributed by atoms with Crippen LogP contribution in [0.5, 0.6) is 0 Å². The number of nitrogens with one attached hydrogen (secondary N) is 1. The van der Waals surface area contributed by atoms with Crippen LogP contribution in [0.4, 0.5) is 16.4 Å². The topological polar surface area (TPSA) is 109 Å². The Morgan fingerprint density at radius 2 is 2.38 bits per heavy atom. The largest absolute Gasteiger partial charge is 0.465 e. The molecule has 112 valence electrons. The van der Waals surface area contributed by atoms with Gasteiger partial charge in [0.1, 0.15) is 5.82 Å². The molecular formula is C13H18N6O2. The van der Waals surface area contributed by atoms with Crippen LogP contribution in [-0.2, 0) is 7.05 Å². The van der Waals surface area contributed by atoms with E-state index in [2.05, 4.69) is 20.3 Å². The van der Waals surface area contributed by atoms with E-state index in [0.717, 1.165) is 36.1 Å². The number of nitrogens with two attached hydrogens (primary N) is 1. The summed E-state index contributed by atoms with van der Waals surface area (Å²) in [6, 6.07) is 1.88. The van der Waals surface area contributed by atoms with Gasteiger partial charge in [-0.2, -0.15) is 5.10 Å². The smallest absolute Gasteiger partial charge is 0.404 e. The number of aromatic nitrogens is 3. The first-order valence-electron chi connectivity index (χ1n) is 6.87. The van der Waals surface area contributed by atoms with Gasteiger partial charge in [0, 0.05) is 38.4 Å². The fourth-order valence-electron chi connectivity index (χ4n) is 2.82. The Labute approximate surface area is 121 Å². The first kappa shape index (κ1) is 13.5. The molecule has 1 atom stereocenters. The standard InChI is InChI=1S/C13H18N6O2/c1-18-10-5-11(15-6-9(10)12(14)17-18)19-4-2-3-8(7-19)16-13(20)21/h5-6,8,16H,2-4,7H2,1H3,(H2,14,17)(H,20,21). The van der Waals surface area contributed by atoms with Crippen LogP contribution in [0.1, 0.15) is 12.8 Å². The molecule has 2 aromatic heterocycles. The molecule has 0 saturated carbocycles. The van der Waals surface area contributed by atoms with Crippen LogP contribution >= 0.6 is 0 Å². The van der Waals surface area contributed by atoms with Crippen LogP contribution in [-0.4, -0.2) is 45.1 Å². The van der Waals surface area contributed by atoms with Gasteiger partial charge in [-0.3, -0.25) is 4.68 Å². The van der Waals surface area contributed by atoms with Gasteiger partial charge < -0.3 is 21.1 Å². The normalized spacial score (nSPS) is 18.9. The third-order valence-corrected chi connectivity index (χ3v) is 3.82. The molecule has 0 radical (unpaired) electrons. The maximum absolute atomic E-state index is 10.8. The second kappa shape index (κ2) is 5.12. The van der Waals surface area contributed by atoms with E-state index in [9.17, 15) is 4.79 Å². The molecule has 0 aromatic carbocycles. The van der Waals surface area contributed by atoms with E-state index in [0.29, 0.717) is 12.4 Å². The van der Waals surface area contributed by atoms with Gasteiger partial charge in [0.25, 0.3) is 0 Å². The molecule has 21 heavy (non-hydrogen) atoms. The molecule has 8 heteroatoms. The maximum atomic E-state index is 10.8. The van der Waals surface area contributed by atoms with E-state index in [1.54, 1.807) is 10.9 Å². The van der Waals surface area contributed by atoms with E-state index in [4.69, 9.17) is 10.8 Å². The minimum Gasteiger partial charge on any atom is -0.465 e. The number of pyridine rings is 1. The molecule has 1 unspecified atom stereocenters. The summed E-state index contributed by atoms with van der Waals surface area (Å²) in [4.78, 5) is 17.3. The number of anilines is 2. The number of hydrogen-bond acceptors (Lipinski definition) is 5. The number of aryl methyl sites for hydroxylation is 1. The minimum atomic E-state index is -0.982. The Hall–Kier alpha value is -2.51. The molecule has 8 nitrogen and oxygen atoms in total. The number of fused-ring (bicyclic) bond motifs is 1. The summed E-state index contributed by atoms with van der Waals surface area (Å²) in [5.74, 6) is 1.29. The van der Waals surface area contributed by atoms with Gasteiger partial charge in [-0.05, 0) is 12.8 Å². The summed E-state index contributed by atoms with van der Waals surface area (Å²) >= 11 is 0. The summed E-state index contributed by atoms with van der Waals surface area (Å²) in [5.41, 5.74) is 6.74. The number of piperidine rings is 1. The molecule has 4 N–H and O–H groups in total. The third kappa shape index (κ3) is 2.56. The summed E-state index contributed by atoms with van der Waals surface area (Å²) in [7, 11) is 1.84. The zero-order chi connectivity index (χ0) is 15.0.